The predicted octanol–water partition coefficient (Wildman–Crippen LogP) is 5.24. The zero-order chi connectivity index (χ0) is 19.9. The maximum absolute atomic E-state index is 12.4. The molecular formula is C22H19ClN2O3. The molecule has 5 nitrogen and oxygen atoms in total. The van der Waals surface area contributed by atoms with Crippen molar-refractivity contribution in [1.29, 1.82) is 0 Å². The number of carbonyl (C=O) groups is 2. The van der Waals surface area contributed by atoms with Crippen molar-refractivity contribution in [2.24, 2.45) is 0 Å². The molecule has 3 aromatic rings. The second kappa shape index (κ2) is 9.06. The first-order chi connectivity index (χ1) is 13.5. The molecule has 142 valence electrons. The largest absolute Gasteiger partial charge is 0.494 e. The van der Waals surface area contributed by atoms with Gasteiger partial charge in [-0.05, 0) is 73.7 Å². The van der Waals surface area contributed by atoms with Crippen molar-refractivity contribution in [3.63, 3.8) is 0 Å². The molecule has 0 fully saturated rings. The van der Waals surface area contributed by atoms with Gasteiger partial charge in [0.25, 0.3) is 11.8 Å². The minimum absolute atomic E-state index is 0.258. The lowest BCUT2D eigenvalue weighted by Crippen LogP contribution is -2.14. The molecule has 0 saturated carbocycles. The molecule has 2 amide bonds. The predicted molar refractivity (Wildman–Crippen MR) is 111 cm³/mol. The number of halogens is 1. The highest BCUT2D eigenvalue weighted by Crippen LogP contribution is 2.18. The van der Waals surface area contributed by atoms with Gasteiger partial charge in [0.1, 0.15) is 5.75 Å². The smallest absolute Gasteiger partial charge is 0.255 e. The number of hydrogen-bond acceptors (Lipinski definition) is 3. The highest BCUT2D eigenvalue weighted by atomic mass is 35.5. The van der Waals surface area contributed by atoms with Crippen LogP contribution in [-0.4, -0.2) is 18.4 Å². The first kappa shape index (κ1) is 19.5. The number of benzene rings is 3. The van der Waals surface area contributed by atoms with Crippen LogP contribution in [0.15, 0.2) is 72.8 Å². The average Bonchev–Trinajstić information content (AvgIpc) is 2.70. The van der Waals surface area contributed by atoms with Crippen molar-refractivity contribution in [1.82, 2.24) is 0 Å². The molecule has 0 unspecified atom stereocenters. The van der Waals surface area contributed by atoms with E-state index in [1.807, 2.05) is 6.92 Å². The molecular weight excluding hydrogens is 376 g/mol. The maximum atomic E-state index is 12.4. The van der Waals surface area contributed by atoms with Crippen LogP contribution in [-0.2, 0) is 0 Å². The second-order valence-corrected chi connectivity index (χ2v) is 6.39. The molecule has 2 N–H and O–H groups in total. The summed E-state index contributed by atoms with van der Waals surface area (Å²) in [5, 5.41) is 6.12. The van der Waals surface area contributed by atoms with Crippen LogP contribution in [0.2, 0.25) is 5.02 Å². The molecule has 3 rings (SSSR count). The summed E-state index contributed by atoms with van der Waals surface area (Å²) in [4.78, 5) is 24.7. The number of ether oxygens (including phenoxy) is 1. The topological polar surface area (TPSA) is 67.4 Å². The van der Waals surface area contributed by atoms with Crippen LogP contribution in [0, 0.1) is 0 Å². The van der Waals surface area contributed by atoms with E-state index in [1.165, 1.54) is 0 Å². The minimum Gasteiger partial charge on any atom is -0.494 e. The summed E-state index contributed by atoms with van der Waals surface area (Å²) in [7, 11) is 0. The second-order valence-electron chi connectivity index (χ2n) is 5.95. The Bertz CT molecular complexity index is 970. The van der Waals surface area contributed by atoms with Crippen LogP contribution in [0.4, 0.5) is 11.4 Å². The van der Waals surface area contributed by atoms with Crippen LogP contribution < -0.4 is 15.4 Å². The van der Waals surface area contributed by atoms with Crippen LogP contribution >= 0.6 is 11.6 Å². The van der Waals surface area contributed by atoms with Crippen molar-refractivity contribution in [3.05, 3.63) is 88.9 Å². The summed E-state index contributed by atoms with van der Waals surface area (Å²) in [6, 6.07) is 20.5. The van der Waals surface area contributed by atoms with Crippen LogP contribution in [0.1, 0.15) is 27.6 Å². The summed E-state index contributed by atoms with van der Waals surface area (Å²) in [5.74, 6) is 0.210. The summed E-state index contributed by atoms with van der Waals surface area (Å²) in [5.41, 5.74) is 2.16. The zero-order valence-electron chi connectivity index (χ0n) is 15.2. The summed E-state index contributed by atoms with van der Waals surface area (Å²) < 4.78 is 5.38. The molecule has 28 heavy (non-hydrogen) atoms. The minimum atomic E-state index is -0.277. The van der Waals surface area contributed by atoms with E-state index in [9.17, 15) is 9.59 Å². The van der Waals surface area contributed by atoms with Gasteiger partial charge in [-0.15, -0.1) is 0 Å². The third-order valence-corrected chi connectivity index (χ3v) is 4.15. The first-order valence-electron chi connectivity index (χ1n) is 8.76. The lowest BCUT2D eigenvalue weighted by atomic mass is 10.1. The molecule has 0 spiro atoms. The van der Waals surface area contributed by atoms with Gasteiger partial charge in [0, 0.05) is 27.5 Å². The van der Waals surface area contributed by atoms with Gasteiger partial charge in [-0.1, -0.05) is 17.7 Å². The van der Waals surface area contributed by atoms with Gasteiger partial charge in [-0.2, -0.15) is 0 Å². The number of hydrogen-bond donors (Lipinski definition) is 2. The summed E-state index contributed by atoms with van der Waals surface area (Å²) >= 11 is 5.92. The van der Waals surface area contributed by atoms with E-state index < -0.39 is 0 Å². The van der Waals surface area contributed by atoms with E-state index in [2.05, 4.69) is 10.6 Å². The first-order valence-corrected chi connectivity index (χ1v) is 9.14. The average molecular weight is 395 g/mol. The highest BCUT2D eigenvalue weighted by Gasteiger charge is 2.10. The van der Waals surface area contributed by atoms with Crippen molar-refractivity contribution < 1.29 is 14.3 Å². The van der Waals surface area contributed by atoms with Gasteiger partial charge in [0.15, 0.2) is 0 Å². The maximum Gasteiger partial charge on any atom is 0.255 e. The number of anilines is 2. The molecule has 0 bridgehead atoms. The van der Waals surface area contributed by atoms with E-state index in [4.69, 9.17) is 16.3 Å². The van der Waals surface area contributed by atoms with E-state index in [-0.39, 0.29) is 11.8 Å². The molecule has 6 heteroatoms. The van der Waals surface area contributed by atoms with Crippen LogP contribution in [0.3, 0.4) is 0 Å². The molecule has 0 heterocycles. The molecule has 0 atom stereocenters. The van der Waals surface area contributed by atoms with Gasteiger partial charge in [0.05, 0.1) is 6.61 Å². The molecule has 0 radical (unpaired) electrons. The fraction of sp³-hybridized carbons (Fsp3) is 0.0909. The molecule has 0 aliphatic carbocycles. The van der Waals surface area contributed by atoms with Gasteiger partial charge in [0.2, 0.25) is 0 Å². The fourth-order valence-corrected chi connectivity index (χ4v) is 2.74. The van der Waals surface area contributed by atoms with Gasteiger partial charge in [-0.3, -0.25) is 9.59 Å². The van der Waals surface area contributed by atoms with Crippen molar-refractivity contribution in [2.45, 2.75) is 6.92 Å². The standard InChI is InChI=1S/C22H19ClN2O3/c1-2-28-20-12-10-18(11-13-20)24-21(26)15-6-8-16(9-7-15)22(27)25-19-5-3-4-17(23)14-19/h3-14H,2H2,1H3,(H,24,26)(H,25,27). The lowest BCUT2D eigenvalue weighted by Gasteiger charge is -2.08. The Balaban J connectivity index is 1.62. The number of carbonyl (C=O) groups excluding carboxylic acids is 2. The van der Waals surface area contributed by atoms with E-state index in [0.717, 1.165) is 5.75 Å². The van der Waals surface area contributed by atoms with Crippen LogP contribution in [0.25, 0.3) is 0 Å². The Hall–Kier alpha value is -3.31. The van der Waals surface area contributed by atoms with E-state index >= 15 is 0 Å². The Morgan fingerprint density at radius 1 is 0.821 bits per heavy atom. The Labute approximate surface area is 168 Å². The van der Waals surface area contributed by atoms with Gasteiger partial charge >= 0.3 is 0 Å². The Morgan fingerprint density at radius 2 is 1.39 bits per heavy atom. The number of rotatable bonds is 6. The fourth-order valence-electron chi connectivity index (χ4n) is 2.55. The third-order valence-electron chi connectivity index (χ3n) is 3.91. The highest BCUT2D eigenvalue weighted by molar-refractivity contribution is 6.31. The molecule has 3 aromatic carbocycles. The lowest BCUT2D eigenvalue weighted by molar-refractivity contribution is 0.101. The monoisotopic (exact) mass is 394 g/mol. The van der Waals surface area contributed by atoms with E-state index in [1.54, 1.807) is 72.8 Å². The quantitative estimate of drug-likeness (QED) is 0.600. The molecule has 0 aromatic heterocycles. The summed E-state index contributed by atoms with van der Waals surface area (Å²) in [6.07, 6.45) is 0. The molecule has 0 saturated heterocycles. The summed E-state index contributed by atoms with van der Waals surface area (Å²) in [6.45, 7) is 2.50. The van der Waals surface area contributed by atoms with Gasteiger partial charge < -0.3 is 15.4 Å². The van der Waals surface area contributed by atoms with Crippen molar-refractivity contribution >= 4 is 34.8 Å². The Morgan fingerprint density at radius 3 is 1.93 bits per heavy atom. The third kappa shape index (κ3) is 5.11. The van der Waals surface area contributed by atoms with E-state index in [0.29, 0.717) is 34.1 Å². The molecule has 0 aliphatic heterocycles. The molecule has 0 aliphatic rings. The van der Waals surface area contributed by atoms with Crippen molar-refractivity contribution in [3.8, 4) is 5.75 Å². The number of nitrogens with one attached hydrogen (secondary N) is 2. The Kier molecular flexibility index (Phi) is 6.29. The van der Waals surface area contributed by atoms with Gasteiger partial charge in [-0.25, -0.2) is 0 Å². The normalized spacial score (nSPS) is 10.2. The zero-order valence-corrected chi connectivity index (χ0v) is 16.0. The SMILES string of the molecule is CCOc1ccc(NC(=O)c2ccc(C(=O)Nc3cccc(Cl)c3)cc2)cc1. The number of amides is 2. The van der Waals surface area contributed by atoms with Crippen LogP contribution in [0.5, 0.6) is 5.75 Å². The van der Waals surface area contributed by atoms with Crippen molar-refractivity contribution in [2.75, 3.05) is 17.2 Å².